The topological polar surface area (TPSA) is 148 Å². The number of nitrogens with zero attached hydrogens (tertiary/aromatic N) is 8. The number of pyridine rings is 1. The Morgan fingerprint density at radius 3 is 2.42 bits per heavy atom. The summed E-state index contributed by atoms with van der Waals surface area (Å²) in [6.45, 7) is 10.7. The zero-order valence-corrected chi connectivity index (χ0v) is 34.9. The van der Waals surface area contributed by atoms with Crippen LogP contribution < -0.4 is 25.3 Å². The highest BCUT2D eigenvalue weighted by Crippen LogP contribution is 2.35. The quantitative estimate of drug-likeness (QED) is 0.235. The van der Waals surface area contributed by atoms with Crippen LogP contribution in [0.15, 0.2) is 60.8 Å². The second kappa shape index (κ2) is 16.8. The van der Waals surface area contributed by atoms with E-state index in [4.69, 9.17) is 0 Å². The van der Waals surface area contributed by atoms with Crippen LogP contribution in [-0.4, -0.2) is 120 Å². The summed E-state index contributed by atoms with van der Waals surface area (Å²) in [4.78, 5) is 67.3. The molecule has 5 aliphatic rings. The number of amides is 5. The highest BCUT2D eigenvalue weighted by atomic mass is 19.1. The number of hydrogen-bond acceptors (Lipinski definition) is 10. The Morgan fingerprint density at radius 1 is 0.871 bits per heavy atom. The van der Waals surface area contributed by atoms with E-state index < -0.39 is 29.6 Å². The summed E-state index contributed by atoms with van der Waals surface area (Å²) >= 11 is 0. The van der Waals surface area contributed by atoms with Gasteiger partial charge in [-0.05, 0) is 87.1 Å². The molecule has 5 amide bonds. The molecule has 62 heavy (non-hydrogen) atoms. The molecule has 14 nitrogen and oxygen atoms in total. The first-order valence-electron chi connectivity index (χ1n) is 21.6. The molecule has 0 aliphatic carbocycles. The maximum absolute atomic E-state index is 15.7. The third kappa shape index (κ3) is 7.85. The molecule has 0 bridgehead atoms. The summed E-state index contributed by atoms with van der Waals surface area (Å²) in [6, 6.07) is 16.3. The first kappa shape index (κ1) is 41.0. The van der Waals surface area contributed by atoms with E-state index >= 15 is 8.78 Å². The van der Waals surface area contributed by atoms with Crippen molar-refractivity contribution in [1.29, 1.82) is 5.26 Å². The van der Waals surface area contributed by atoms with Gasteiger partial charge >= 0.3 is 6.03 Å². The van der Waals surface area contributed by atoms with Crippen molar-refractivity contribution < 1.29 is 28.0 Å². The molecule has 4 saturated heterocycles. The van der Waals surface area contributed by atoms with Crippen molar-refractivity contribution in [2.75, 3.05) is 78.9 Å². The lowest BCUT2D eigenvalue weighted by Gasteiger charge is -2.45. The van der Waals surface area contributed by atoms with E-state index in [1.165, 1.54) is 6.07 Å². The number of hydrogen-bond donors (Lipinski definition) is 2. The fourth-order valence-corrected chi connectivity index (χ4v) is 9.97. The molecule has 5 aliphatic heterocycles. The zero-order chi connectivity index (χ0) is 43.2. The van der Waals surface area contributed by atoms with Crippen LogP contribution in [0.3, 0.4) is 0 Å². The van der Waals surface area contributed by atoms with Gasteiger partial charge in [-0.3, -0.25) is 29.6 Å². The van der Waals surface area contributed by atoms with Gasteiger partial charge in [-0.15, -0.1) is 0 Å². The molecule has 0 saturated carbocycles. The number of rotatable bonds is 7. The molecule has 322 valence electrons. The molecular formula is C46H50F2N10O4. The predicted molar refractivity (Wildman–Crippen MR) is 231 cm³/mol. The molecule has 6 heterocycles. The monoisotopic (exact) mass is 844 g/mol. The zero-order valence-electron chi connectivity index (χ0n) is 34.9. The van der Waals surface area contributed by atoms with Crippen molar-refractivity contribution in [3.05, 3.63) is 89.1 Å². The molecule has 0 radical (unpaired) electrons. The van der Waals surface area contributed by atoms with Gasteiger partial charge < -0.3 is 29.8 Å². The molecule has 4 fully saturated rings. The van der Waals surface area contributed by atoms with Crippen LogP contribution >= 0.6 is 0 Å². The first-order valence-corrected chi connectivity index (χ1v) is 21.6. The van der Waals surface area contributed by atoms with Crippen LogP contribution in [0.1, 0.15) is 61.0 Å². The number of imide groups is 1. The van der Waals surface area contributed by atoms with Crippen LogP contribution in [0.4, 0.5) is 36.3 Å². The maximum atomic E-state index is 15.7. The Kier molecular flexibility index (Phi) is 11.1. The first-order chi connectivity index (χ1) is 29.9. The number of fused-ring (bicyclic) bond motifs is 2. The number of aromatic nitrogens is 1. The smallest absolute Gasteiger partial charge is 0.322 e. The number of halogens is 2. The van der Waals surface area contributed by atoms with Crippen molar-refractivity contribution in [1.82, 2.24) is 25.0 Å². The second-order valence-electron chi connectivity index (χ2n) is 17.3. The van der Waals surface area contributed by atoms with Gasteiger partial charge in [0.2, 0.25) is 11.8 Å². The van der Waals surface area contributed by atoms with Gasteiger partial charge in [0.15, 0.2) is 0 Å². The highest BCUT2D eigenvalue weighted by molar-refractivity contribution is 6.05. The van der Waals surface area contributed by atoms with Crippen LogP contribution in [-0.2, 0) is 16.1 Å². The lowest BCUT2D eigenvalue weighted by Crippen LogP contribution is -2.59. The Balaban J connectivity index is 0.749. The standard InChI is InChI=1S/C46H50F2N10O4/c1-28-25-57(29(2)24-56(28)39-8-5-31(23-49)43-35(39)4-3-13-50-43)46(62)51-38-21-37(48)41(22-36(38)47)55-14-11-30(12-15-55)26-53-16-18-54(19-17-53)33-6-7-34-32(20-33)27-58(45(34)61)40-9-10-42(59)52-44(40)60/h3-8,13,20-22,28-30,40H,9-12,14-19,24-27H2,1-2H3,(H,51,62)(H,52,59,60)/t28-,29+,40?/m0/s1. The lowest BCUT2D eigenvalue weighted by atomic mass is 9.95. The fourth-order valence-electron chi connectivity index (χ4n) is 9.97. The van der Waals surface area contributed by atoms with Crippen LogP contribution in [0.2, 0.25) is 0 Å². The van der Waals surface area contributed by atoms with Crippen molar-refractivity contribution in [2.45, 2.75) is 64.2 Å². The van der Waals surface area contributed by atoms with Gasteiger partial charge in [0.05, 0.1) is 22.5 Å². The number of benzene rings is 3. The van der Waals surface area contributed by atoms with Crippen molar-refractivity contribution >= 4 is 57.4 Å². The number of piperazine rings is 2. The fraction of sp³-hybridized carbons (Fsp3) is 0.435. The minimum Gasteiger partial charge on any atom is -0.369 e. The van der Waals surface area contributed by atoms with Gasteiger partial charge in [0.1, 0.15) is 23.7 Å². The van der Waals surface area contributed by atoms with Gasteiger partial charge in [-0.1, -0.05) is 0 Å². The molecule has 1 aromatic heterocycles. The Morgan fingerprint density at radius 2 is 1.66 bits per heavy atom. The number of anilines is 4. The Hall–Kier alpha value is -6.34. The number of nitrogens with one attached hydrogen (secondary N) is 2. The van der Waals surface area contributed by atoms with Gasteiger partial charge in [0.25, 0.3) is 5.91 Å². The minimum absolute atomic E-state index is 0.0998. The van der Waals surface area contributed by atoms with Crippen LogP contribution in [0.25, 0.3) is 10.9 Å². The summed E-state index contributed by atoms with van der Waals surface area (Å²) in [6.07, 6.45) is 3.92. The van der Waals surface area contributed by atoms with Crippen molar-refractivity contribution in [2.24, 2.45) is 5.92 Å². The molecule has 2 N–H and O–H groups in total. The molecule has 3 aromatic carbocycles. The van der Waals surface area contributed by atoms with Crippen LogP contribution in [0, 0.1) is 28.9 Å². The van der Waals surface area contributed by atoms with Gasteiger partial charge in [-0.25, -0.2) is 13.6 Å². The summed E-state index contributed by atoms with van der Waals surface area (Å²) in [7, 11) is 0. The predicted octanol–water partition coefficient (Wildman–Crippen LogP) is 5.32. The average Bonchev–Trinajstić information content (AvgIpc) is 3.60. The van der Waals surface area contributed by atoms with E-state index in [0.717, 1.165) is 74.0 Å². The number of nitriles is 1. The van der Waals surface area contributed by atoms with E-state index in [9.17, 15) is 24.4 Å². The molecule has 3 atom stereocenters. The number of carbonyl (C=O) groups excluding carboxylic acids is 4. The second-order valence-corrected chi connectivity index (χ2v) is 17.3. The summed E-state index contributed by atoms with van der Waals surface area (Å²) < 4.78 is 31.3. The number of piperidine rings is 2. The summed E-state index contributed by atoms with van der Waals surface area (Å²) in [5, 5.41) is 15.4. The van der Waals surface area contributed by atoms with E-state index in [1.54, 1.807) is 22.1 Å². The van der Waals surface area contributed by atoms with Crippen molar-refractivity contribution in [3.63, 3.8) is 0 Å². The molecule has 0 spiro atoms. The largest absolute Gasteiger partial charge is 0.369 e. The summed E-state index contributed by atoms with van der Waals surface area (Å²) in [5.74, 6) is -1.74. The van der Waals surface area contributed by atoms with Crippen molar-refractivity contribution in [3.8, 4) is 6.07 Å². The molecule has 16 heteroatoms. The maximum Gasteiger partial charge on any atom is 0.322 e. The van der Waals surface area contributed by atoms with E-state index in [0.29, 0.717) is 61.7 Å². The Bertz CT molecular complexity index is 2480. The van der Waals surface area contributed by atoms with Gasteiger partial charge in [0, 0.05) is 125 Å². The van der Waals surface area contributed by atoms with Crippen LogP contribution in [0.5, 0.6) is 0 Å². The average molecular weight is 845 g/mol. The molecule has 1 unspecified atom stereocenters. The molecule has 9 rings (SSSR count). The SMILES string of the molecule is C[C@@H]1CN(c2ccc(C#N)c3ncccc23)[C@@H](C)CN1C(=O)Nc1cc(F)c(N2CCC(CN3CCN(c4ccc5c(c4)CN(C4CCC(=O)NC4=O)C5=O)CC3)CC2)cc1F. The molecule has 4 aromatic rings. The molecular weight excluding hydrogens is 795 g/mol. The highest BCUT2D eigenvalue weighted by Gasteiger charge is 2.40. The van der Waals surface area contributed by atoms with E-state index in [2.05, 4.69) is 42.5 Å². The van der Waals surface area contributed by atoms with E-state index in [1.807, 2.05) is 49.1 Å². The lowest BCUT2D eigenvalue weighted by molar-refractivity contribution is -0.136. The minimum atomic E-state index is -0.688. The summed E-state index contributed by atoms with van der Waals surface area (Å²) in [5.41, 5.74) is 4.60. The Labute approximate surface area is 359 Å². The normalized spacial score (nSPS) is 22.5. The third-order valence-electron chi connectivity index (χ3n) is 13.4. The third-order valence-corrected chi connectivity index (χ3v) is 13.4. The van der Waals surface area contributed by atoms with E-state index in [-0.39, 0.29) is 41.7 Å². The number of carbonyl (C=O) groups is 4. The van der Waals surface area contributed by atoms with Gasteiger partial charge in [-0.2, -0.15) is 5.26 Å². The number of urea groups is 1.